The molecule has 2 heterocycles. The Bertz CT molecular complexity index is 1230. The number of non-ortho nitro benzene ring substituents is 1. The number of ether oxygens (including phenoxy) is 1. The van der Waals surface area contributed by atoms with Gasteiger partial charge in [0, 0.05) is 37.8 Å². The maximum Gasteiger partial charge on any atom is 0.342 e. The van der Waals surface area contributed by atoms with Crippen molar-refractivity contribution in [2.45, 2.75) is 38.6 Å². The van der Waals surface area contributed by atoms with Gasteiger partial charge in [-0.3, -0.25) is 14.9 Å². The lowest BCUT2D eigenvalue weighted by Gasteiger charge is -2.38. The van der Waals surface area contributed by atoms with Gasteiger partial charge in [-0.2, -0.15) is 4.31 Å². The molecule has 0 radical (unpaired) electrons. The minimum atomic E-state index is -3.94. The molecule has 1 fully saturated rings. The van der Waals surface area contributed by atoms with E-state index < -0.39 is 32.9 Å². The third-order valence-electron chi connectivity index (χ3n) is 5.39. The first-order chi connectivity index (χ1) is 16.0. The van der Waals surface area contributed by atoms with Crippen LogP contribution in [0.15, 0.2) is 29.2 Å². The summed E-state index contributed by atoms with van der Waals surface area (Å²) in [5.74, 6) is -0.895. The predicted octanol–water partition coefficient (Wildman–Crippen LogP) is 1.71. The lowest BCUT2D eigenvalue weighted by Crippen LogP contribution is -2.55. The van der Waals surface area contributed by atoms with Gasteiger partial charge in [0.25, 0.3) is 11.6 Å². The number of esters is 1. The number of aromatic nitrogens is 2. The van der Waals surface area contributed by atoms with E-state index in [4.69, 9.17) is 4.74 Å². The average molecular weight is 492 g/mol. The molecule has 1 aliphatic heterocycles. The number of aryl methyl sites for hydroxylation is 2. The number of benzene rings is 1. The summed E-state index contributed by atoms with van der Waals surface area (Å²) in [6.45, 7) is 6.77. The summed E-state index contributed by atoms with van der Waals surface area (Å²) in [5, 5.41) is 10.8. The summed E-state index contributed by atoms with van der Waals surface area (Å²) in [7, 11) is -3.94. The van der Waals surface area contributed by atoms with E-state index in [0.29, 0.717) is 11.5 Å². The molecule has 1 aromatic carbocycles. The van der Waals surface area contributed by atoms with Crippen molar-refractivity contribution in [3.63, 3.8) is 0 Å². The first-order valence-corrected chi connectivity index (χ1v) is 12.0. The topological polar surface area (TPSA) is 153 Å². The monoisotopic (exact) mass is 491 g/mol. The van der Waals surface area contributed by atoms with Crippen LogP contribution >= 0.6 is 0 Å². The van der Waals surface area contributed by atoms with E-state index in [9.17, 15) is 28.1 Å². The van der Waals surface area contributed by atoms with E-state index in [-0.39, 0.29) is 48.1 Å². The molecule has 1 amide bonds. The van der Waals surface area contributed by atoms with Crippen LogP contribution in [0.2, 0.25) is 0 Å². The number of sulfonamides is 1. The molecule has 182 valence electrons. The van der Waals surface area contributed by atoms with Gasteiger partial charge in [-0.1, -0.05) is 0 Å². The molecule has 1 aromatic heterocycles. The molecule has 0 bridgehead atoms. The van der Waals surface area contributed by atoms with Crippen molar-refractivity contribution in [1.82, 2.24) is 19.2 Å². The van der Waals surface area contributed by atoms with Crippen LogP contribution < -0.4 is 0 Å². The summed E-state index contributed by atoms with van der Waals surface area (Å²) in [4.78, 5) is 45.7. The summed E-state index contributed by atoms with van der Waals surface area (Å²) >= 11 is 0. The standard InChI is InChI=1S/C21H25N5O7S/c1-5-33-21(28)18-14(3)22-15(4)23-19(18)20(27)24-10-11-25(13(2)12-24)34(31,32)17-8-6-16(7-9-17)26(29)30/h6-9,13H,5,10-12H2,1-4H3. The summed E-state index contributed by atoms with van der Waals surface area (Å²) < 4.78 is 32.5. The largest absolute Gasteiger partial charge is 0.462 e. The van der Waals surface area contributed by atoms with Crippen molar-refractivity contribution in [2.24, 2.45) is 0 Å². The summed E-state index contributed by atoms with van der Waals surface area (Å²) in [6, 6.07) is 4.06. The molecule has 1 aliphatic rings. The van der Waals surface area contributed by atoms with Gasteiger partial charge in [-0.05, 0) is 39.8 Å². The smallest absolute Gasteiger partial charge is 0.342 e. The van der Waals surface area contributed by atoms with Crippen LogP contribution in [0, 0.1) is 24.0 Å². The van der Waals surface area contributed by atoms with E-state index in [1.54, 1.807) is 27.7 Å². The normalized spacial score (nSPS) is 16.8. The Balaban J connectivity index is 1.84. The fourth-order valence-corrected chi connectivity index (χ4v) is 5.44. The minimum absolute atomic E-state index is 0.00398. The molecule has 13 heteroatoms. The van der Waals surface area contributed by atoms with Crippen molar-refractivity contribution in [2.75, 3.05) is 26.2 Å². The Hall–Kier alpha value is -3.45. The van der Waals surface area contributed by atoms with E-state index in [2.05, 4.69) is 9.97 Å². The van der Waals surface area contributed by atoms with Gasteiger partial charge in [-0.15, -0.1) is 0 Å². The lowest BCUT2D eigenvalue weighted by atomic mass is 10.1. The molecule has 0 aliphatic carbocycles. The van der Waals surface area contributed by atoms with Crippen molar-refractivity contribution in [3.05, 3.63) is 57.2 Å². The molecule has 0 saturated carbocycles. The van der Waals surface area contributed by atoms with Crippen LogP contribution in [-0.2, 0) is 14.8 Å². The van der Waals surface area contributed by atoms with Gasteiger partial charge < -0.3 is 9.64 Å². The SMILES string of the molecule is CCOC(=O)c1c(C)nc(C)nc1C(=O)N1CCN(S(=O)(=O)c2ccc([N+](=O)[O-])cc2)C(C)C1. The maximum atomic E-state index is 13.3. The van der Waals surface area contributed by atoms with Gasteiger partial charge in [-0.25, -0.2) is 23.2 Å². The zero-order valence-electron chi connectivity index (χ0n) is 19.2. The van der Waals surface area contributed by atoms with Gasteiger partial charge in [0.2, 0.25) is 10.0 Å². The predicted molar refractivity (Wildman–Crippen MR) is 120 cm³/mol. The lowest BCUT2D eigenvalue weighted by molar-refractivity contribution is -0.384. The highest BCUT2D eigenvalue weighted by molar-refractivity contribution is 7.89. The number of nitro benzene ring substituents is 1. The van der Waals surface area contributed by atoms with Crippen LogP contribution in [-0.4, -0.2) is 76.7 Å². The Morgan fingerprint density at radius 1 is 1.18 bits per heavy atom. The first kappa shape index (κ1) is 25.2. The third-order valence-corrected chi connectivity index (χ3v) is 7.42. The zero-order chi connectivity index (χ0) is 25.2. The Morgan fingerprint density at radius 2 is 1.82 bits per heavy atom. The highest BCUT2D eigenvalue weighted by Gasteiger charge is 2.37. The molecule has 0 spiro atoms. The molecule has 1 unspecified atom stereocenters. The number of amides is 1. The molecule has 2 aromatic rings. The van der Waals surface area contributed by atoms with E-state index >= 15 is 0 Å². The van der Waals surface area contributed by atoms with Gasteiger partial charge in [0.05, 0.1) is 22.1 Å². The van der Waals surface area contributed by atoms with E-state index in [1.165, 1.54) is 21.3 Å². The molecule has 1 saturated heterocycles. The number of carbonyl (C=O) groups is 2. The Kier molecular flexibility index (Phi) is 7.26. The van der Waals surface area contributed by atoms with Gasteiger partial charge in [0.15, 0.2) is 0 Å². The van der Waals surface area contributed by atoms with Crippen molar-refractivity contribution >= 4 is 27.6 Å². The van der Waals surface area contributed by atoms with E-state index in [0.717, 1.165) is 12.1 Å². The number of hydrogen-bond acceptors (Lipinski definition) is 9. The number of hydrogen-bond donors (Lipinski definition) is 0. The first-order valence-electron chi connectivity index (χ1n) is 10.5. The van der Waals surface area contributed by atoms with Crippen LogP contribution in [0.4, 0.5) is 5.69 Å². The molecule has 0 N–H and O–H groups in total. The quantitative estimate of drug-likeness (QED) is 0.334. The van der Waals surface area contributed by atoms with Crippen molar-refractivity contribution in [1.29, 1.82) is 0 Å². The fourth-order valence-electron chi connectivity index (χ4n) is 3.82. The molecule has 34 heavy (non-hydrogen) atoms. The third kappa shape index (κ3) is 4.89. The molecular formula is C21H25N5O7S. The average Bonchev–Trinajstić information content (AvgIpc) is 2.77. The highest BCUT2D eigenvalue weighted by Crippen LogP contribution is 2.25. The molecule has 12 nitrogen and oxygen atoms in total. The zero-order valence-corrected chi connectivity index (χ0v) is 20.0. The second-order valence-electron chi connectivity index (χ2n) is 7.77. The van der Waals surface area contributed by atoms with Crippen LogP contribution in [0.5, 0.6) is 0 Å². The highest BCUT2D eigenvalue weighted by atomic mass is 32.2. The summed E-state index contributed by atoms with van der Waals surface area (Å²) in [6.07, 6.45) is 0. The Labute approximate surface area is 196 Å². The van der Waals surface area contributed by atoms with Crippen molar-refractivity contribution < 1.29 is 27.7 Å². The van der Waals surface area contributed by atoms with E-state index in [1.807, 2.05) is 0 Å². The number of piperazine rings is 1. The van der Waals surface area contributed by atoms with Gasteiger partial charge in [0.1, 0.15) is 17.1 Å². The second kappa shape index (κ2) is 9.81. The number of nitro groups is 1. The number of nitrogens with zero attached hydrogens (tertiary/aromatic N) is 5. The fraction of sp³-hybridized carbons (Fsp3) is 0.429. The van der Waals surface area contributed by atoms with Crippen LogP contribution in [0.3, 0.4) is 0 Å². The van der Waals surface area contributed by atoms with Crippen molar-refractivity contribution in [3.8, 4) is 0 Å². The van der Waals surface area contributed by atoms with Crippen LogP contribution in [0.25, 0.3) is 0 Å². The number of carbonyl (C=O) groups excluding carboxylic acids is 2. The Morgan fingerprint density at radius 3 is 2.38 bits per heavy atom. The molecule has 1 atom stereocenters. The number of rotatable bonds is 6. The second-order valence-corrected chi connectivity index (χ2v) is 9.66. The summed E-state index contributed by atoms with van der Waals surface area (Å²) in [5.41, 5.74) is 0.0188. The maximum absolute atomic E-state index is 13.3. The molecular weight excluding hydrogens is 466 g/mol. The molecule has 3 rings (SSSR count). The van der Waals surface area contributed by atoms with Crippen LogP contribution in [0.1, 0.15) is 46.2 Å². The van der Waals surface area contributed by atoms with Gasteiger partial charge >= 0.3 is 5.97 Å². The minimum Gasteiger partial charge on any atom is -0.462 e.